The second kappa shape index (κ2) is 9.46. The Kier molecular flexibility index (Phi) is 5.46. The first kappa shape index (κ1) is 23.7. The molecule has 1 aliphatic heterocycles. The Morgan fingerprint density at radius 1 is 0.512 bits per heavy atom. The van der Waals surface area contributed by atoms with E-state index in [9.17, 15) is 0 Å². The van der Waals surface area contributed by atoms with E-state index in [1.165, 1.54) is 60.8 Å². The van der Waals surface area contributed by atoms with Gasteiger partial charge in [0.1, 0.15) is 0 Å². The van der Waals surface area contributed by atoms with Gasteiger partial charge >= 0.3 is 0 Å². The summed E-state index contributed by atoms with van der Waals surface area (Å²) < 4.78 is 2.36. The first-order chi connectivity index (χ1) is 20.2. The molecular weight excluding hydrogens is 496 g/mol. The minimum absolute atomic E-state index is 0.851. The van der Waals surface area contributed by atoms with Crippen molar-refractivity contribution in [2.45, 2.75) is 13.3 Å². The molecule has 0 spiro atoms. The van der Waals surface area contributed by atoms with E-state index in [0.29, 0.717) is 0 Å². The van der Waals surface area contributed by atoms with Gasteiger partial charge in [-0.15, -0.1) is 0 Å². The number of hydrogen-bond donors (Lipinski definition) is 0. The fourth-order valence-electron chi connectivity index (χ4n) is 6.42. The van der Waals surface area contributed by atoms with E-state index in [1.54, 1.807) is 0 Å². The number of nitrogens with zero attached hydrogens (tertiary/aromatic N) is 2. The van der Waals surface area contributed by atoms with Crippen LogP contribution in [0, 0.1) is 0 Å². The molecular formula is C39H28N2. The summed E-state index contributed by atoms with van der Waals surface area (Å²) in [5, 5.41) is 2.56. The predicted molar refractivity (Wildman–Crippen MR) is 173 cm³/mol. The molecule has 194 valence electrons. The molecule has 0 atom stereocenters. The molecule has 0 fully saturated rings. The zero-order valence-corrected chi connectivity index (χ0v) is 22.9. The van der Waals surface area contributed by atoms with Gasteiger partial charge < -0.3 is 4.57 Å². The maximum Gasteiger partial charge on any atom is 0.0674 e. The van der Waals surface area contributed by atoms with E-state index in [-0.39, 0.29) is 0 Å². The van der Waals surface area contributed by atoms with Gasteiger partial charge in [-0.05, 0) is 70.6 Å². The highest BCUT2D eigenvalue weighted by molar-refractivity contribution is 6.09. The summed E-state index contributed by atoms with van der Waals surface area (Å²) >= 11 is 0. The van der Waals surface area contributed by atoms with Crippen LogP contribution in [0.2, 0.25) is 0 Å². The molecule has 0 unspecified atom stereocenters. The average Bonchev–Trinajstić information content (AvgIpc) is 3.38. The van der Waals surface area contributed by atoms with Crippen molar-refractivity contribution in [3.8, 4) is 27.9 Å². The highest BCUT2D eigenvalue weighted by atomic mass is 15.0. The zero-order chi connectivity index (χ0) is 27.3. The molecule has 7 aromatic rings. The Hall–Kier alpha value is -5.21. The van der Waals surface area contributed by atoms with Crippen molar-refractivity contribution in [1.29, 1.82) is 0 Å². The third-order valence-electron chi connectivity index (χ3n) is 8.42. The van der Waals surface area contributed by atoms with Crippen LogP contribution >= 0.6 is 0 Å². The number of para-hydroxylation sites is 2. The molecule has 41 heavy (non-hydrogen) atoms. The molecule has 2 nitrogen and oxygen atoms in total. The maximum atomic E-state index is 5.21. The summed E-state index contributed by atoms with van der Waals surface area (Å²) in [5.74, 6) is 0. The molecule has 0 aliphatic carbocycles. The van der Waals surface area contributed by atoms with Gasteiger partial charge in [0.2, 0.25) is 0 Å². The van der Waals surface area contributed by atoms with Crippen LogP contribution < -0.4 is 0 Å². The van der Waals surface area contributed by atoms with E-state index in [4.69, 9.17) is 4.99 Å². The molecule has 2 heterocycles. The van der Waals surface area contributed by atoms with E-state index in [0.717, 1.165) is 23.5 Å². The van der Waals surface area contributed by atoms with Crippen LogP contribution in [0.25, 0.3) is 49.7 Å². The van der Waals surface area contributed by atoms with Crippen molar-refractivity contribution in [3.05, 3.63) is 156 Å². The van der Waals surface area contributed by atoms with Crippen LogP contribution in [0.4, 0.5) is 5.69 Å². The molecule has 0 bridgehead atoms. The lowest BCUT2D eigenvalue weighted by Crippen LogP contribution is -1.98. The first-order valence-electron chi connectivity index (χ1n) is 14.2. The van der Waals surface area contributed by atoms with Crippen LogP contribution in [-0.2, 0) is 6.42 Å². The van der Waals surface area contributed by atoms with Gasteiger partial charge in [-0.1, -0.05) is 109 Å². The third-order valence-corrected chi connectivity index (χ3v) is 8.42. The van der Waals surface area contributed by atoms with Gasteiger partial charge in [0, 0.05) is 34.2 Å². The van der Waals surface area contributed by atoms with Gasteiger partial charge in [0.25, 0.3) is 0 Å². The number of aliphatic imine (C=N–C) groups is 1. The quantitative estimate of drug-likeness (QED) is 0.214. The minimum Gasteiger partial charge on any atom is -0.309 e. The summed E-state index contributed by atoms with van der Waals surface area (Å²) in [6.45, 7) is 2.13. The van der Waals surface area contributed by atoms with Crippen LogP contribution in [-0.4, -0.2) is 10.3 Å². The van der Waals surface area contributed by atoms with E-state index in [1.807, 2.05) is 0 Å². The molecule has 0 radical (unpaired) electrons. The fraction of sp³-hybridized carbons (Fsp3) is 0.0513. The average molecular weight is 525 g/mol. The SMILES string of the molecule is C/C1=N\c2cc(-c3ccc(-n4c5ccccc5c5ccccc54)cc3)ccc2Cc2ccccc2-c2ccccc21. The summed E-state index contributed by atoms with van der Waals surface area (Å²) in [5.41, 5.74) is 14.4. The normalized spacial score (nSPS) is 13.8. The van der Waals surface area contributed by atoms with Crippen LogP contribution in [0.3, 0.4) is 0 Å². The van der Waals surface area contributed by atoms with Crippen molar-refractivity contribution >= 4 is 33.2 Å². The van der Waals surface area contributed by atoms with Crippen LogP contribution in [0.1, 0.15) is 23.6 Å². The number of fused-ring (bicyclic) bond motifs is 7. The lowest BCUT2D eigenvalue weighted by atomic mass is 9.91. The molecule has 1 aliphatic rings. The molecule has 2 heteroatoms. The third kappa shape index (κ3) is 3.91. The molecule has 0 amide bonds. The van der Waals surface area contributed by atoms with Crippen molar-refractivity contribution < 1.29 is 0 Å². The van der Waals surface area contributed by atoms with Gasteiger partial charge in [-0.25, -0.2) is 0 Å². The Morgan fingerprint density at radius 3 is 1.83 bits per heavy atom. The standard InChI is InChI=1S/C39H28N2/c1-26-32-11-4-5-13-34(32)33-12-3-2-10-29(33)24-30-19-18-28(25-37(30)40-26)27-20-22-31(23-21-27)41-38-16-8-6-14-35(38)36-15-7-9-17-39(36)41/h2-23,25H,24H2,1H3/b40-26+. The molecule has 8 rings (SSSR count). The Morgan fingerprint density at radius 2 is 1.10 bits per heavy atom. The lowest BCUT2D eigenvalue weighted by molar-refractivity contribution is 1.18. The first-order valence-corrected chi connectivity index (χ1v) is 14.2. The highest BCUT2D eigenvalue weighted by Crippen LogP contribution is 2.37. The van der Waals surface area contributed by atoms with Gasteiger partial charge in [-0.2, -0.15) is 0 Å². The van der Waals surface area contributed by atoms with Crippen molar-refractivity contribution in [2.75, 3.05) is 0 Å². The van der Waals surface area contributed by atoms with E-state index in [2.05, 4.69) is 151 Å². The van der Waals surface area contributed by atoms with Gasteiger partial charge in [0.05, 0.1) is 16.7 Å². The number of benzene rings is 6. The summed E-state index contributed by atoms with van der Waals surface area (Å²) in [7, 11) is 0. The number of aromatic nitrogens is 1. The van der Waals surface area contributed by atoms with Crippen molar-refractivity contribution in [1.82, 2.24) is 4.57 Å². The summed E-state index contributed by atoms with van der Waals surface area (Å²) in [4.78, 5) is 5.21. The Balaban J connectivity index is 1.23. The smallest absolute Gasteiger partial charge is 0.0674 e. The molecule has 0 saturated heterocycles. The molecule has 0 N–H and O–H groups in total. The molecule has 0 saturated carbocycles. The van der Waals surface area contributed by atoms with E-state index >= 15 is 0 Å². The van der Waals surface area contributed by atoms with Crippen molar-refractivity contribution in [3.63, 3.8) is 0 Å². The monoisotopic (exact) mass is 524 g/mol. The molecule has 6 aromatic carbocycles. The molecule has 1 aromatic heterocycles. The fourth-order valence-corrected chi connectivity index (χ4v) is 6.42. The van der Waals surface area contributed by atoms with Crippen LogP contribution in [0.15, 0.2) is 145 Å². The second-order valence-corrected chi connectivity index (χ2v) is 10.8. The van der Waals surface area contributed by atoms with Gasteiger partial charge in [-0.3, -0.25) is 4.99 Å². The highest BCUT2D eigenvalue weighted by Gasteiger charge is 2.17. The number of hydrogen-bond acceptors (Lipinski definition) is 1. The van der Waals surface area contributed by atoms with E-state index < -0.39 is 0 Å². The second-order valence-electron chi connectivity index (χ2n) is 10.8. The lowest BCUT2D eigenvalue weighted by Gasteiger charge is -2.13. The summed E-state index contributed by atoms with van der Waals surface area (Å²) in [6.07, 6.45) is 0.851. The largest absolute Gasteiger partial charge is 0.309 e. The maximum absolute atomic E-state index is 5.21. The Labute approximate surface area is 239 Å². The predicted octanol–water partition coefficient (Wildman–Crippen LogP) is 10.2. The summed E-state index contributed by atoms with van der Waals surface area (Å²) in [6, 6.07) is 50.4. The minimum atomic E-state index is 0.851. The Bertz CT molecular complexity index is 2070. The number of rotatable bonds is 2. The van der Waals surface area contributed by atoms with Gasteiger partial charge in [0.15, 0.2) is 0 Å². The van der Waals surface area contributed by atoms with Crippen LogP contribution in [0.5, 0.6) is 0 Å². The topological polar surface area (TPSA) is 17.3 Å². The van der Waals surface area contributed by atoms with Crippen molar-refractivity contribution in [2.24, 2.45) is 4.99 Å². The zero-order valence-electron chi connectivity index (χ0n) is 22.9.